The average Bonchev–Trinajstić information content (AvgIpc) is 2.75. The van der Waals surface area contributed by atoms with Gasteiger partial charge in [-0.1, -0.05) is 157 Å². The van der Waals surface area contributed by atoms with Crippen LogP contribution in [0.1, 0.15) is 162 Å². The van der Waals surface area contributed by atoms with Crippen LogP contribution in [0.25, 0.3) is 0 Å². The van der Waals surface area contributed by atoms with Gasteiger partial charge in [0.2, 0.25) is 5.91 Å². The first kappa shape index (κ1) is 33.5. The lowest BCUT2D eigenvalue weighted by molar-refractivity contribution is -0.118. The van der Waals surface area contributed by atoms with E-state index in [1.165, 1.54) is 89.9 Å². The highest BCUT2D eigenvalue weighted by molar-refractivity contribution is 5.73. The summed E-state index contributed by atoms with van der Waals surface area (Å²) >= 11 is 0. The van der Waals surface area contributed by atoms with E-state index in [0.29, 0.717) is 12.2 Å². The Morgan fingerprint density at radius 1 is 0.657 bits per heavy atom. The summed E-state index contributed by atoms with van der Waals surface area (Å²) in [4.78, 5) is 10.6. The first-order valence-corrected chi connectivity index (χ1v) is 14.5. The zero-order valence-electron chi connectivity index (χ0n) is 24.5. The van der Waals surface area contributed by atoms with E-state index >= 15 is 0 Å². The Morgan fingerprint density at radius 2 is 0.971 bits per heavy atom. The van der Waals surface area contributed by atoms with Crippen LogP contribution in [0.5, 0.6) is 5.75 Å². The van der Waals surface area contributed by atoms with Crippen LogP contribution in [0.4, 0.5) is 0 Å². The number of hydrogen-bond donors (Lipinski definition) is 2. The van der Waals surface area contributed by atoms with Gasteiger partial charge in [0.1, 0.15) is 5.75 Å². The molecule has 1 aromatic rings. The number of unbranched alkanes of at least 4 members (excludes halogenated alkanes) is 14. The van der Waals surface area contributed by atoms with Gasteiger partial charge in [0.25, 0.3) is 0 Å². The molecule has 0 saturated heterocycles. The van der Waals surface area contributed by atoms with Crippen LogP contribution in [0.15, 0.2) is 18.2 Å². The second-order valence-electron chi connectivity index (χ2n) is 12.4. The molecule has 0 heterocycles. The van der Waals surface area contributed by atoms with Gasteiger partial charge < -0.3 is 10.8 Å². The van der Waals surface area contributed by atoms with Crippen LogP contribution in [-0.2, 0) is 15.6 Å². The van der Waals surface area contributed by atoms with Crippen molar-refractivity contribution in [1.82, 2.24) is 0 Å². The van der Waals surface area contributed by atoms with Crippen molar-refractivity contribution >= 4 is 5.91 Å². The van der Waals surface area contributed by atoms with Gasteiger partial charge in [0.05, 0.1) is 0 Å². The normalized spacial score (nSPS) is 11.7. The minimum atomic E-state index is -0.153. The number of para-hydroxylation sites is 1. The van der Waals surface area contributed by atoms with Crippen molar-refractivity contribution in [2.24, 2.45) is 5.73 Å². The van der Waals surface area contributed by atoms with Crippen LogP contribution in [0.3, 0.4) is 0 Å². The predicted molar refractivity (Wildman–Crippen MR) is 154 cm³/mol. The van der Waals surface area contributed by atoms with Crippen molar-refractivity contribution in [3.05, 3.63) is 29.3 Å². The largest absolute Gasteiger partial charge is 0.507 e. The molecule has 1 rings (SSSR count). The monoisotopic (exact) mass is 489 g/mol. The Labute approximate surface area is 218 Å². The zero-order valence-corrected chi connectivity index (χ0v) is 24.5. The minimum Gasteiger partial charge on any atom is -0.507 e. The van der Waals surface area contributed by atoms with E-state index in [1.807, 2.05) is 18.2 Å². The van der Waals surface area contributed by atoms with Crippen LogP contribution in [0, 0.1) is 0 Å². The lowest BCUT2D eigenvalue weighted by Gasteiger charge is -2.26. The smallest absolute Gasteiger partial charge is 0.217 e. The van der Waals surface area contributed by atoms with Crippen molar-refractivity contribution < 1.29 is 9.90 Å². The highest BCUT2D eigenvalue weighted by Gasteiger charge is 2.24. The number of primary amides is 1. The molecular weight excluding hydrogens is 430 g/mol. The van der Waals surface area contributed by atoms with Crippen LogP contribution < -0.4 is 5.73 Å². The fourth-order valence-corrected chi connectivity index (χ4v) is 4.42. The molecule has 0 aliphatic carbocycles. The van der Waals surface area contributed by atoms with Gasteiger partial charge >= 0.3 is 0 Å². The van der Waals surface area contributed by atoms with Crippen molar-refractivity contribution in [3.8, 4) is 5.75 Å². The van der Waals surface area contributed by atoms with E-state index in [1.54, 1.807) is 0 Å². The number of carbonyl (C=O) groups is 1. The number of hydrogen-bond acceptors (Lipinski definition) is 2. The molecule has 1 amide bonds. The Morgan fingerprint density at radius 3 is 1.26 bits per heavy atom. The van der Waals surface area contributed by atoms with Gasteiger partial charge in [0, 0.05) is 6.42 Å². The van der Waals surface area contributed by atoms with Gasteiger partial charge in [-0.25, -0.2) is 0 Å². The van der Waals surface area contributed by atoms with E-state index in [2.05, 4.69) is 48.5 Å². The van der Waals surface area contributed by atoms with E-state index in [4.69, 9.17) is 5.73 Å². The number of carbonyl (C=O) groups excluding carboxylic acids is 1. The topological polar surface area (TPSA) is 63.3 Å². The molecule has 0 atom stereocenters. The molecule has 1 aromatic carbocycles. The highest BCUT2D eigenvalue weighted by Crippen LogP contribution is 2.38. The van der Waals surface area contributed by atoms with E-state index in [-0.39, 0.29) is 16.7 Å². The SMILES string of the molecule is CC(C)(C)c1cccc(C(C)(C)C)c1O.CCCCCCCCCCCCCCCCCC(N)=O. The maximum atomic E-state index is 10.6. The van der Waals surface area contributed by atoms with Gasteiger partial charge in [-0.3, -0.25) is 4.79 Å². The summed E-state index contributed by atoms with van der Waals surface area (Å²) < 4.78 is 0. The van der Waals surface area contributed by atoms with Crippen LogP contribution in [-0.4, -0.2) is 11.0 Å². The summed E-state index contributed by atoms with van der Waals surface area (Å²) in [7, 11) is 0. The number of phenols is 1. The molecule has 0 bridgehead atoms. The molecule has 0 aromatic heterocycles. The fraction of sp³-hybridized carbons (Fsp3) is 0.781. The number of aromatic hydroxyl groups is 1. The van der Waals surface area contributed by atoms with Gasteiger partial charge in [0.15, 0.2) is 0 Å². The molecule has 0 fully saturated rings. The second kappa shape index (κ2) is 18.7. The second-order valence-corrected chi connectivity index (χ2v) is 12.4. The summed E-state index contributed by atoms with van der Waals surface area (Å²) in [5.74, 6) is 0.303. The third-order valence-corrected chi connectivity index (χ3v) is 6.68. The maximum Gasteiger partial charge on any atom is 0.217 e. The zero-order chi connectivity index (χ0) is 26.7. The Bertz CT molecular complexity index is 635. The van der Waals surface area contributed by atoms with Crippen LogP contribution in [0.2, 0.25) is 0 Å². The number of phenolic OH excluding ortho intramolecular Hbond substituents is 1. The number of nitrogens with two attached hydrogens (primary N) is 1. The minimum absolute atomic E-state index is 0.00859. The third-order valence-electron chi connectivity index (χ3n) is 6.68. The van der Waals surface area contributed by atoms with Crippen molar-refractivity contribution in [2.45, 2.75) is 162 Å². The molecule has 0 aliphatic heterocycles. The van der Waals surface area contributed by atoms with Crippen LogP contribution >= 0.6 is 0 Å². The van der Waals surface area contributed by atoms with E-state index in [0.717, 1.165) is 17.5 Å². The standard InChI is InChI=1S/C18H37NO.C14H22O/c1-2-3-4-5-6-7-8-9-10-11-12-13-14-15-16-17-18(19)20;1-13(2,3)10-8-7-9-11(12(10)15)14(4,5)6/h2-17H2,1H3,(H2,19,20);7-9,15H,1-6H3. The molecule has 0 radical (unpaired) electrons. The molecule has 0 aliphatic rings. The Hall–Kier alpha value is -1.51. The summed E-state index contributed by atoms with van der Waals surface area (Å²) in [6.45, 7) is 15.0. The number of benzene rings is 1. The molecule has 3 heteroatoms. The molecule has 35 heavy (non-hydrogen) atoms. The predicted octanol–water partition coefficient (Wildman–Crippen LogP) is 9.72. The first-order valence-electron chi connectivity index (χ1n) is 14.5. The Kier molecular flexibility index (Phi) is 17.9. The fourth-order valence-electron chi connectivity index (χ4n) is 4.42. The first-order chi connectivity index (χ1) is 16.4. The maximum absolute atomic E-state index is 10.6. The molecular formula is C32H59NO2. The number of amides is 1. The molecule has 3 nitrogen and oxygen atoms in total. The molecule has 3 N–H and O–H groups in total. The summed E-state index contributed by atoms with van der Waals surface area (Å²) in [6.07, 6.45) is 20.9. The lowest BCUT2D eigenvalue weighted by Crippen LogP contribution is -2.16. The van der Waals surface area contributed by atoms with Crippen molar-refractivity contribution in [1.29, 1.82) is 0 Å². The molecule has 204 valence electrons. The van der Waals surface area contributed by atoms with Gasteiger partial charge in [-0.05, 0) is 28.4 Å². The molecule has 0 saturated carbocycles. The van der Waals surface area contributed by atoms with E-state index in [9.17, 15) is 9.90 Å². The Balaban J connectivity index is 0.000000686. The summed E-state index contributed by atoms with van der Waals surface area (Å²) in [6, 6.07) is 6.04. The summed E-state index contributed by atoms with van der Waals surface area (Å²) in [5, 5.41) is 10.3. The highest BCUT2D eigenvalue weighted by atomic mass is 16.3. The lowest BCUT2D eigenvalue weighted by atomic mass is 9.80. The molecule has 0 spiro atoms. The van der Waals surface area contributed by atoms with Crippen molar-refractivity contribution in [2.75, 3.05) is 0 Å². The van der Waals surface area contributed by atoms with E-state index < -0.39 is 0 Å². The number of rotatable bonds is 16. The van der Waals surface area contributed by atoms with Gasteiger partial charge in [-0.15, -0.1) is 0 Å². The van der Waals surface area contributed by atoms with Gasteiger partial charge in [-0.2, -0.15) is 0 Å². The van der Waals surface area contributed by atoms with Crippen molar-refractivity contribution in [3.63, 3.8) is 0 Å². The summed E-state index contributed by atoms with van der Waals surface area (Å²) in [5.41, 5.74) is 7.14. The molecule has 0 unspecified atom stereocenters. The average molecular weight is 490 g/mol. The quantitative estimate of drug-likeness (QED) is 0.227. The third kappa shape index (κ3) is 17.5.